The van der Waals surface area contributed by atoms with Crippen LogP contribution in [-0.2, 0) is 6.54 Å². The topological polar surface area (TPSA) is 27.1 Å². The molecule has 1 atom stereocenters. The van der Waals surface area contributed by atoms with Crippen LogP contribution >= 0.6 is 0 Å². The molecule has 2 aromatic carbocycles. The smallest absolute Gasteiger partial charge is 0.128 e. The van der Waals surface area contributed by atoms with Crippen molar-refractivity contribution in [3.05, 3.63) is 71.0 Å². The van der Waals surface area contributed by atoms with Crippen molar-refractivity contribution >= 4 is 5.84 Å². The normalized spacial score (nSPS) is 15.3. The summed E-state index contributed by atoms with van der Waals surface area (Å²) in [5.74, 6) is 0.504. The summed E-state index contributed by atoms with van der Waals surface area (Å²) in [6, 6.07) is 15.0. The standard InChI is InChI=1S/C17H17FN2/c1-12(13-5-3-2-4-6-13)10-20-11-14-7-8-15(18)9-16(14)17(20)19/h2-9,12,19H,10-11H2,1H3. The molecule has 0 fully saturated rings. The van der Waals surface area contributed by atoms with Crippen molar-refractivity contribution in [1.29, 1.82) is 5.41 Å². The number of halogens is 1. The SMILES string of the molecule is CC(CN1Cc2ccc(F)cc2C1=N)c1ccccc1. The highest BCUT2D eigenvalue weighted by atomic mass is 19.1. The molecular formula is C17H17FN2. The molecule has 0 aliphatic carbocycles. The summed E-state index contributed by atoms with van der Waals surface area (Å²) in [7, 11) is 0. The molecule has 102 valence electrons. The summed E-state index contributed by atoms with van der Waals surface area (Å²) >= 11 is 0. The number of nitrogens with zero attached hydrogens (tertiary/aromatic N) is 1. The molecule has 0 bridgehead atoms. The average molecular weight is 268 g/mol. The first kappa shape index (κ1) is 12.9. The van der Waals surface area contributed by atoms with Crippen LogP contribution in [0.3, 0.4) is 0 Å². The lowest BCUT2D eigenvalue weighted by atomic mass is 10.0. The van der Waals surface area contributed by atoms with Gasteiger partial charge in [-0.1, -0.05) is 43.3 Å². The molecule has 3 heteroatoms. The van der Waals surface area contributed by atoms with E-state index in [1.165, 1.54) is 17.7 Å². The van der Waals surface area contributed by atoms with Gasteiger partial charge in [-0.3, -0.25) is 5.41 Å². The monoisotopic (exact) mass is 268 g/mol. The van der Waals surface area contributed by atoms with Gasteiger partial charge in [0.15, 0.2) is 0 Å². The zero-order valence-electron chi connectivity index (χ0n) is 11.4. The van der Waals surface area contributed by atoms with Crippen molar-refractivity contribution in [1.82, 2.24) is 4.90 Å². The predicted octanol–water partition coefficient (Wildman–Crippen LogP) is 3.77. The van der Waals surface area contributed by atoms with E-state index in [0.29, 0.717) is 18.3 Å². The Labute approximate surface area is 118 Å². The molecule has 1 aliphatic rings. The van der Waals surface area contributed by atoms with E-state index in [1.54, 1.807) is 6.07 Å². The van der Waals surface area contributed by atoms with Crippen molar-refractivity contribution in [2.75, 3.05) is 6.54 Å². The first-order valence-corrected chi connectivity index (χ1v) is 6.82. The maximum absolute atomic E-state index is 13.3. The molecule has 20 heavy (non-hydrogen) atoms. The van der Waals surface area contributed by atoms with E-state index in [0.717, 1.165) is 17.7 Å². The molecule has 0 amide bonds. The van der Waals surface area contributed by atoms with Crippen molar-refractivity contribution in [3.8, 4) is 0 Å². The van der Waals surface area contributed by atoms with Gasteiger partial charge in [0.1, 0.15) is 11.7 Å². The van der Waals surface area contributed by atoms with E-state index in [4.69, 9.17) is 5.41 Å². The lowest BCUT2D eigenvalue weighted by Crippen LogP contribution is -2.28. The minimum Gasteiger partial charge on any atom is -0.352 e. The zero-order valence-corrected chi connectivity index (χ0v) is 11.4. The summed E-state index contributed by atoms with van der Waals surface area (Å²) in [5.41, 5.74) is 3.03. The summed E-state index contributed by atoms with van der Waals surface area (Å²) < 4.78 is 13.3. The van der Waals surface area contributed by atoms with Gasteiger partial charge in [-0.25, -0.2) is 4.39 Å². The van der Waals surface area contributed by atoms with Crippen LogP contribution in [0.5, 0.6) is 0 Å². The van der Waals surface area contributed by atoms with Gasteiger partial charge < -0.3 is 4.90 Å². The molecule has 0 radical (unpaired) electrons. The van der Waals surface area contributed by atoms with Gasteiger partial charge in [0.05, 0.1) is 0 Å². The van der Waals surface area contributed by atoms with Gasteiger partial charge in [-0.05, 0) is 29.2 Å². The first-order chi connectivity index (χ1) is 9.65. The quantitative estimate of drug-likeness (QED) is 0.901. The van der Waals surface area contributed by atoms with E-state index >= 15 is 0 Å². The number of amidine groups is 1. The Bertz CT molecular complexity index is 637. The lowest BCUT2D eigenvalue weighted by Gasteiger charge is -2.22. The van der Waals surface area contributed by atoms with E-state index in [9.17, 15) is 4.39 Å². The lowest BCUT2D eigenvalue weighted by molar-refractivity contribution is 0.401. The van der Waals surface area contributed by atoms with Crippen LogP contribution in [0.25, 0.3) is 0 Å². The van der Waals surface area contributed by atoms with E-state index in [-0.39, 0.29) is 5.82 Å². The van der Waals surface area contributed by atoms with Crippen LogP contribution in [0.15, 0.2) is 48.5 Å². The van der Waals surface area contributed by atoms with Gasteiger partial charge in [0.25, 0.3) is 0 Å². The van der Waals surface area contributed by atoms with Gasteiger partial charge >= 0.3 is 0 Å². The summed E-state index contributed by atoms with van der Waals surface area (Å²) in [6.45, 7) is 3.64. The Kier molecular flexibility index (Phi) is 3.26. The predicted molar refractivity (Wildman–Crippen MR) is 78.5 cm³/mol. The van der Waals surface area contributed by atoms with E-state index < -0.39 is 0 Å². The summed E-state index contributed by atoms with van der Waals surface area (Å²) in [5, 5.41) is 8.20. The van der Waals surface area contributed by atoms with Gasteiger partial charge in [0, 0.05) is 18.7 Å². The highest BCUT2D eigenvalue weighted by Gasteiger charge is 2.25. The molecule has 3 rings (SSSR count). The van der Waals surface area contributed by atoms with Gasteiger partial charge in [0.2, 0.25) is 0 Å². The van der Waals surface area contributed by atoms with E-state index in [1.807, 2.05) is 23.1 Å². The second kappa shape index (κ2) is 5.08. The molecule has 0 spiro atoms. The fraction of sp³-hybridized carbons (Fsp3) is 0.235. The molecule has 1 aliphatic heterocycles. The third-order valence-corrected chi connectivity index (χ3v) is 3.87. The highest BCUT2D eigenvalue weighted by molar-refractivity contribution is 6.00. The van der Waals surface area contributed by atoms with Crippen LogP contribution in [0.4, 0.5) is 4.39 Å². The van der Waals surface area contributed by atoms with Gasteiger partial charge in [-0.2, -0.15) is 0 Å². The Balaban J connectivity index is 1.76. The highest BCUT2D eigenvalue weighted by Crippen LogP contribution is 2.26. The van der Waals surface area contributed by atoms with Crippen molar-refractivity contribution in [2.24, 2.45) is 0 Å². The second-order valence-electron chi connectivity index (χ2n) is 5.34. The van der Waals surface area contributed by atoms with Crippen LogP contribution in [0.1, 0.15) is 29.5 Å². The van der Waals surface area contributed by atoms with Crippen molar-refractivity contribution < 1.29 is 4.39 Å². The van der Waals surface area contributed by atoms with Crippen LogP contribution in [-0.4, -0.2) is 17.3 Å². The third kappa shape index (κ3) is 2.31. The maximum Gasteiger partial charge on any atom is 0.128 e. The number of fused-ring (bicyclic) bond motifs is 1. The number of hydrogen-bond acceptors (Lipinski definition) is 1. The fourth-order valence-corrected chi connectivity index (χ4v) is 2.74. The molecule has 0 saturated heterocycles. The number of rotatable bonds is 3. The minimum absolute atomic E-state index is 0.272. The Morgan fingerprint density at radius 3 is 2.70 bits per heavy atom. The number of hydrogen-bond donors (Lipinski definition) is 1. The third-order valence-electron chi connectivity index (χ3n) is 3.87. The molecular weight excluding hydrogens is 251 g/mol. The molecule has 0 saturated carbocycles. The van der Waals surface area contributed by atoms with Crippen LogP contribution in [0.2, 0.25) is 0 Å². The molecule has 1 unspecified atom stereocenters. The molecule has 1 heterocycles. The Morgan fingerprint density at radius 2 is 1.95 bits per heavy atom. The summed E-state index contributed by atoms with van der Waals surface area (Å²) in [4.78, 5) is 2.02. The Hall–Kier alpha value is -2.16. The minimum atomic E-state index is -0.272. The zero-order chi connectivity index (χ0) is 14.1. The fourth-order valence-electron chi connectivity index (χ4n) is 2.74. The molecule has 1 N–H and O–H groups in total. The largest absolute Gasteiger partial charge is 0.352 e. The number of nitrogens with one attached hydrogen (secondary N) is 1. The maximum atomic E-state index is 13.3. The molecule has 0 aromatic heterocycles. The van der Waals surface area contributed by atoms with Crippen LogP contribution < -0.4 is 0 Å². The second-order valence-corrected chi connectivity index (χ2v) is 5.34. The van der Waals surface area contributed by atoms with Gasteiger partial charge in [-0.15, -0.1) is 0 Å². The molecule has 2 nitrogen and oxygen atoms in total. The first-order valence-electron chi connectivity index (χ1n) is 6.82. The Morgan fingerprint density at radius 1 is 1.20 bits per heavy atom. The average Bonchev–Trinajstić information content (AvgIpc) is 2.76. The van der Waals surface area contributed by atoms with E-state index in [2.05, 4.69) is 19.1 Å². The van der Waals surface area contributed by atoms with Crippen molar-refractivity contribution in [2.45, 2.75) is 19.4 Å². The summed E-state index contributed by atoms with van der Waals surface area (Å²) in [6.07, 6.45) is 0. The van der Waals surface area contributed by atoms with Crippen LogP contribution in [0, 0.1) is 11.2 Å². The molecule has 2 aromatic rings. The van der Waals surface area contributed by atoms with Crippen molar-refractivity contribution in [3.63, 3.8) is 0 Å². The number of benzene rings is 2.